The standard InChI is InChI=1S/C24H19NO2S/c1-20-12-18-24(19-13-20)28(26,27)25-23(16-14-21-8-4-2-5-9-21)17-15-22-10-6-3-7-11-22/h2-13,18-19,23,25H,1H3. The van der Waals surface area contributed by atoms with Gasteiger partial charge in [-0.05, 0) is 43.3 Å². The Morgan fingerprint density at radius 2 is 1.18 bits per heavy atom. The van der Waals surface area contributed by atoms with Crippen LogP contribution >= 0.6 is 0 Å². The van der Waals surface area contributed by atoms with Gasteiger partial charge in [-0.15, -0.1) is 0 Å². The van der Waals surface area contributed by atoms with Gasteiger partial charge in [-0.3, -0.25) is 0 Å². The van der Waals surface area contributed by atoms with Crippen LogP contribution in [0.15, 0.2) is 89.8 Å². The van der Waals surface area contributed by atoms with E-state index in [1.54, 1.807) is 24.3 Å². The van der Waals surface area contributed by atoms with E-state index in [1.807, 2.05) is 67.6 Å². The maximum atomic E-state index is 12.7. The first-order chi connectivity index (χ1) is 13.5. The van der Waals surface area contributed by atoms with Crippen LogP contribution in [0.4, 0.5) is 0 Å². The molecule has 4 heteroatoms. The molecule has 3 aromatic rings. The van der Waals surface area contributed by atoms with Crippen LogP contribution in [0.5, 0.6) is 0 Å². The van der Waals surface area contributed by atoms with Crippen molar-refractivity contribution in [2.45, 2.75) is 17.9 Å². The molecule has 28 heavy (non-hydrogen) atoms. The second kappa shape index (κ2) is 9.06. The fraction of sp³-hybridized carbons (Fsp3) is 0.0833. The third kappa shape index (κ3) is 5.59. The highest BCUT2D eigenvalue weighted by molar-refractivity contribution is 7.89. The summed E-state index contributed by atoms with van der Waals surface area (Å²) in [7, 11) is -3.74. The zero-order valence-corrected chi connectivity index (χ0v) is 16.2. The molecule has 0 fully saturated rings. The van der Waals surface area contributed by atoms with E-state index in [2.05, 4.69) is 28.4 Å². The molecule has 0 bridgehead atoms. The van der Waals surface area contributed by atoms with Crippen molar-refractivity contribution in [3.05, 3.63) is 102 Å². The molecule has 0 atom stereocenters. The summed E-state index contributed by atoms with van der Waals surface area (Å²) in [5.41, 5.74) is 2.58. The molecule has 0 spiro atoms. The van der Waals surface area contributed by atoms with Crippen LogP contribution in [0.1, 0.15) is 16.7 Å². The monoisotopic (exact) mass is 385 g/mol. The Morgan fingerprint density at radius 3 is 1.64 bits per heavy atom. The minimum Gasteiger partial charge on any atom is -0.207 e. The predicted molar refractivity (Wildman–Crippen MR) is 112 cm³/mol. The van der Waals surface area contributed by atoms with Crippen LogP contribution in [0.2, 0.25) is 0 Å². The molecule has 3 rings (SSSR count). The Labute approximate surface area is 166 Å². The summed E-state index contributed by atoms with van der Waals surface area (Å²) in [6.45, 7) is 1.91. The number of hydrogen-bond donors (Lipinski definition) is 1. The van der Waals surface area contributed by atoms with Gasteiger partial charge in [0.2, 0.25) is 10.0 Å². The van der Waals surface area contributed by atoms with Gasteiger partial charge in [-0.2, -0.15) is 4.72 Å². The zero-order valence-electron chi connectivity index (χ0n) is 15.4. The normalized spacial score (nSPS) is 10.5. The first kappa shape index (κ1) is 19.5. The van der Waals surface area contributed by atoms with Gasteiger partial charge in [0.1, 0.15) is 6.04 Å². The summed E-state index contributed by atoms with van der Waals surface area (Å²) in [6, 6.07) is 24.6. The lowest BCUT2D eigenvalue weighted by atomic mass is 10.2. The van der Waals surface area contributed by atoms with Gasteiger partial charge in [0, 0.05) is 11.1 Å². The third-order valence-electron chi connectivity index (χ3n) is 3.87. The maximum Gasteiger partial charge on any atom is 0.242 e. The lowest BCUT2D eigenvalue weighted by Gasteiger charge is -2.09. The Balaban J connectivity index is 1.91. The van der Waals surface area contributed by atoms with Crippen LogP contribution in [-0.4, -0.2) is 14.5 Å². The van der Waals surface area contributed by atoms with Crippen molar-refractivity contribution in [1.29, 1.82) is 0 Å². The van der Waals surface area contributed by atoms with Gasteiger partial charge in [0.25, 0.3) is 0 Å². The minimum absolute atomic E-state index is 0.186. The molecule has 0 unspecified atom stereocenters. The van der Waals surface area contributed by atoms with Gasteiger partial charge in [-0.25, -0.2) is 8.42 Å². The lowest BCUT2D eigenvalue weighted by molar-refractivity contribution is 0.582. The number of aryl methyl sites for hydroxylation is 1. The molecular weight excluding hydrogens is 366 g/mol. The van der Waals surface area contributed by atoms with Crippen LogP contribution < -0.4 is 4.72 Å². The molecule has 0 saturated carbocycles. The van der Waals surface area contributed by atoms with Crippen molar-refractivity contribution < 1.29 is 8.42 Å². The molecule has 0 saturated heterocycles. The molecule has 3 nitrogen and oxygen atoms in total. The van der Waals surface area contributed by atoms with E-state index >= 15 is 0 Å². The van der Waals surface area contributed by atoms with Gasteiger partial charge >= 0.3 is 0 Å². The fourth-order valence-corrected chi connectivity index (χ4v) is 3.45. The van der Waals surface area contributed by atoms with Crippen molar-refractivity contribution in [2.24, 2.45) is 0 Å². The largest absolute Gasteiger partial charge is 0.242 e. The van der Waals surface area contributed by atoms with E-state index < -0.39 is 16.1 Å². The predicted octanol–water partition coefficient (Wildman–Crippen LogP) is 3.75. The number of sulfonamides is 1. The van der Waals surface area contributed by atoms with Crippen molar-refractivity contribution in [3.63, 3.8) is 0 Å². The first-order valence-electron chi connectivity index (χ1n) is 8.75. The van der Waals surface area contributed by atoms with Gasteiger partial charge < -0.3 is 0 Å². The van der Waals surface area contributed by atoms with E-state index in [-0.39, 0.29) is 4.90 Å². The van der Waals surface area contributed by atoms with E-state index in [0.717, 1.165) is 16.7 Å². The summed E-state index contributed by atoms with van der Waals surface area (Å²) < 4.78 is 28.1. The Morgan fingerprint density at radius 1 is 0.714 bits per heavy atom. The average Bonchev–Trinajstić information content (AvgIpc) is 2.72. The van der Waals surface area contributed by atoms with Crippen LogP contribution in [0.25, 0.3) is 0 Å². The number of rotatable bonds is 3. The highest BCUT2D eigenvalue weighted by Crippen LogP contribution is 2.10. The molecule has 3 aromatic carbocycles. The zero-order chi connectivity index (χ0) is 19.8. The summed E-state index contributed by atoms with van der Waals surface area (Å²) in [6.07, 6.45) is 0. The molecule has 1 N–H and O–H groups in total. The first-order valence-corrected chi connectivity index (χ1v) is 10.2. The number of hydrogen-bond acceptors (Lipinski definition) is 2. The van der Waals surface area contributed by atoms with Gasteiger partial charge in [-0.1, -0.05) is 77.8 Å². The molecule has 0 aliphatic rings. The summed E-state index contributed by atoms with van der Waals surface area (Å²) >= 11 is 0. The summed E-state index contributed by atoms with van der Waals surface area (Å²) in [4.78, 5) is 0.186. The second-order valence-corrected chi connectivity index (χ2v) is 7.85. The molecular formula is C24H19NO2S. The Kier molecular flexibility index (Phi) is 6.29. The van der Waals surface area contributed by atoms with Gasteiger partial charge in [0.15, 0.2) is 0 Å². The highest BCUT2D eigenvalue weighted by Gasteiger charge is 2.17. The SMILES string of the molecule is Cc1ccc(S(=O)(=O)NC(C#Cc2ccccc2)C#Cc2ccccc2)cc1. The fourth-order valence-electron chi connectivity index (χ4n) is 2.39. The minimum atomic E-state index is -3.74. The van der Waals surface area contributed by atoms with Crippen molar-refractivity contribution in [3.8, 4) is 23.7 Å². The molecule has 0 aliphatic heterocycles. The third-order valence-corrected chi connectivity index (χ3v) is 5.31. The molecule has 0 amide bonds. The quantitative estimate of drug-likeness (QED) is 0.698. The summed E-state index contributed by atoms with van der Waals surface area (Å²) in [5.74, 6) is 11.8. The van der Waals surface area contributed by atoms with Gasteiger partial charge in [0.05, 0.1) is 4.90 Å². The van der Waals surface area contributed by atoms with E-state index in [0.29, 0.717) is 0 Å². The average molecular weight is 385 g/mol. The van der Waals surface area contributed by atoms with Crippen molar-refractivity contribution >= 4 is 10.0 Å². The summed E-state index contributed by atoms with van der Waals surface area (Å²) in [5, 5.41) is 0. The Hall–Kier alpha value is -3.31. The van der Waals surface area contributed by atoms with Crippen LogP contribution in [0, 0.1) is 30.6 Å². The lowest BCUT2D eigenvalue weighted by Crippen LogP contribution is -2.32. The molecule has 138 valence electrons. The van der Waals surface area contributed by atoms with Crippen LogP contribution in [0.3, 0.4) is 0 Å². The van der Waals surface area contributed by atoms with Crippen LogP contribution in [-0.2, 0) is 10.0 Å². The smallest absolute Gasteiger partial charge is 0.207 e. The molecule has 0 heterocycles. The van der Waals surface area contributed by atoms with E-state index in [4.69, 9.17) is 0 Å². The Bertz CT molecular complexity index is 1090. The van der Waals surface area contributed by atoms with E-state index in [1.165, 1.54) is 0 Å². The second-order valence-electron chi connectivity index (χ2n) is 6.14. The van der Waals surface area contributed by atoms with E-state index in [9.17, 15) is 8.42 Å². The maximum absolute atomic E-state index is 12.7. The molecule has 0 radical (unpaired) electrons. The number of nitrogens with one attached hydrogen (secondary N) is 1. The van der Waals surface area contributed by atoms with Crippen molar-refractivity contribution in [2.75, 3.05) is 0 Å². The highest BCUT2D eigenvalue weighted by atomic mass is 32.2. The topological polar surface area (TPSA) is 46.2 Å². The molecule has 0 aromatic heterocycles. The number of benzene rings is 3. The molecule has 0 aliphatic carbocycles. The van der Waals surface area contributed by atoms with Crippen molar-refractivity contribution in [1.82, 2.24) is 4.72 Å².